The summed E-state index contributed by atoms with van der Waals surface area (Å²) >= 11 is 1.92. The summed E-state index contributed by atoms with van der Waals surface area (Å²) in [5.41, 5.74) is 4.92. The minimum atomic E-state index is 0.0123. The van der Waals surface area contributed by atoms with E-state index in [4.69, 9.17) is 9.97 Å². The second-order valence-electron chi connectivity index (χ2n) is 12.7. The number of piperazine rings is 1. The van der Waals surface area contributed by atoms with Gasteiger partial charge in [0.15, 0.2) is 0 Å². The van der Waals surface area contributed by atoms with E-state index in [2.05, 4.69) is 56.1 Å². The van der Waals surface area contributed by atoms with Crippen LogP contribution in [0.5, 0.6) is 0 Å². The number of carbonyl (C=O) groups is 1. The first-order valence-electron chi connectivity index (χ1n) is 15.7. The van der Waals surface area contributed by atoms with Crippen molar-refractivity contribution in [2.45, 2.75) is 103 Å². The Morgan fingerprint density at radius 2 is 1.57 bits per heavy atom. The number of hydrogen-bond donors (Lipinski definition) is 1. The van der Waals surface area contributed by atoms with Crippen LogP contribution in [0.4, 0.5) is 16.3 Å². The van der Waals surface area contributed by atoms with Gasteiger partial charge in [0.2, 0.25) is 0 Å². The van der Waals surface area contributed by atoms with E-state index in [0.717, 1.165) is 36.8 Å². The summed E-state index contributed by atoms with van der Waals surface area (Å²) in [4.78, 5) is 31.2. The van der Waals surface area contributed by atoms with E-state index < -0.39 is 0 Å². The largest absolute Gasteiger partial charge is 0.352 e. The first kappa shape index (κ1) is 27.5. The van der Waals surface area contributed by atoms with Gasteiger partial charge in [-0.3, -0.25) is 0 Å². The zero-order valence-electron chi connectivity index (χ0n) is 24.8. The Kier molecular flexibility index (Phi) is 8.02. The molecule has 214 valence electrons. The molecule has 2 aliphatic carbocycles. The SMILES string of the molecule is CC(C)c1cccc(C(C)C)c1NC(=O)N1CCN(c2nc(C3CCCCC3)nc3sc4c(c23)CCCC4)CC1. The summed E-state index contributed by atoms with van der Waals surface area (Å²) in [7, 11) is 0. The highest BCUT2D eigenvalue weighted by molar-refractivity contribution is 7.19. The van der Waals surface area contributed by atoms with Crippen LogP contribution in [0, 0.1) is 0 Å². The van der Waals surface area contributed by atoms with Crippen molar-refractivity contribution in [2.75, 3.05) is 36.4 Å². The lowest BCUT2D eigenvalue weighted by Crippen LogP contribution is -2.50. The van der Waals surface area contributed by atoms with E-state index in [-0.39, 0.29) is 6.03 Å². The molecule has 3 aromatic rings. The van der Waals surface area contributed by atoms with Crippen molar-refractivity contribution in [1.29, 1.82) is 0 Å². The Morgan fingerprint density at radius 1 is 0.900 bits per heavy atom. The molecule has 6 rings (SSSR count). The Hall–Kier alpha value is -2.67. The van der Waals surface area contributed by atoms with Gasteiger partial charge in [-0.1, -0.05) is 65.2 Å². The molecule has 7 heteroatoms. The number of carbonyl (C=O) groups excluding carboxylic acids is 1. The van der Waals surface area contributed by atoms with Crippen LogP contribution in [0.1, 0.15) is 118 Å². The van der Waals surface area contributed by atoms with Crippen molar-refractivity contribution >= 4 is 39.1 Å². The van der Waals surface area contributed by atoms with Crippen LogP contribution in [0.15, 0.2) is 18.2 Å². The topological polar surface area (TPSA) is 61.4 Å². The smallest absolute Gasteiger partial charge is 0.321 e. The van der Waals surface area contributed by atoms with Gasteiger partial charge < -0.3 is 15.1 Å². The van der Waals surface area contributed by atoms with Gasteiger partial charge in [0, 0.05) is 42.7 Å². The van der Waals surface area contributed by atoms with Crippen molar-refractivity contribution in [1.82, 2.24) is 14.9 Å². The predicted octanol–water partition coefficient (Wildman–Crippen LogP) is 8.22. The van der Waals surface area contributed by atoms with Gasteiger partial charge in [0.1, 0.15) is 16.5 Å². The van der Waals surface area contributed by atoms with Gasteiger partial charge in [-0.05, 0) is 67.1 Å². The number of nitrogens with zero attached hydrogens (tertiary/aromatic N) is 4. The lowest BCUT2D eigenvalue weighted by atomic mass is 9.88. The van der Waals surface area contributed by atoms with Gasteiger partial charge >= 0.3 is 6.03 Å². The monoisotopic (exact) mass is 559 g/mol. The number of fused-ring (bicyclic) bond motifs is 3. The Morgan fingerprint density at radius 3 is 2.25 bits per heavy atom. The third-order valence-electron chi connectivity index (χ3n) is 9.25. The maximum absolute atomic E-state index is 13.6. The van der Waals surface area contributed by atoms with Crippen molar-refractivity contribution in [3.05, 3.63) is 45.6 Å². The van der Waals surface area contributed by atoms with Crippen LogP contribution in [-0.4, -0.2) is 47.1 Å². The van der Waals surface area contributed by atoms with Gasteiger partial charge in [0.25, 0.3) is 0 Å². The molecule has 0 bridgehead atoms. The molecular weight excluding hydrogens is 514 g/mol. The lowest BCUT2D eigenvalue weighted by Gasteiger charge is -2.36. The van der Waals surface area contributed by atoms with E-state index >= 15 is 0 Å². The van der Waals surface area contributed by atoms with Gasteiger partial charge in [0.05, 0.1) is 5.39 Å². The third kappa shape index (κ3) is 5.34. The molecule has 0 atom stereocenters. The molecule has 6 nitrogen and oxygen atoms in total. The highest BCUT2D eigenvalue weighted by atomic mass is 32.1. The molecule has 40 heavy (non-hydrogen) atoms. The maximum Gasteiger partial charge on any atom is 0.321 e. The summed E-state index contributed by atoms with van der Waals surface area (Å²) in [5, 5.41) is 4.64. The molecule has 1 aliphatic heterocycles. The number of aryl methyl sites for hydroxylation is 2. The average molecular weight is 560 g/mol. The molecular formula is C33H45N5OS. The van der Waals surface area contributed by atoms with Crippen molar-refractivity contribution < 1.29 is 4.79 Å². The summed E-state index contributed by atoms with van der Waals surface area (Å²) < 4.78 is 0. The molecule has 3 aliphatic rings. The molecule has 2 fully saturated rings. The number of aromatic nitrogens is 2. The van der Waals surface area contributed by atoms with Gasteiger partial charge in [-0.25, -0.2) is 14.8 Å². The number of thiophene rings is 1. The number of amides is 2. The molecule has 0 unspecified atom stereocenters. The number of anilines is 2. The second-order valence-corrected chi connectivity index (χ2v) is 13.7. The van der Waals surface area contributed by atoms with Crippen molar-refractivity contribution in [2.24, 2.45) is 0 Å². The number of para-hydroxylation sites is 1. The average Bonchev–Trinajstić information content (AvgIpc) is 3.35. The fourth-order valence-corrected chi connectivity index (χ4v) is 8.19. The first-order chi connectivity index (χ1) is 19.4. The minimum absolute atomic E-state index is 0.0123. The highest BCUT2D eigenvalue weighted by Crippen LogP contribution is 2.42. The minimum Gasteiger partial charge on any atom is -0.352 e. The van der Waals surface area contributed by atoms with Crippen molar-refractivity contribution in [3.8, 4) is 0 Å². The molecule has 0 spiro atoms. The van der Waals surface area contributed by atoms with E-state index in [1.165, 1.54) is 83.2 Å². The summed E-state index contributed by atoms with van der Waals surface area (Å²) in [6.45, 7) is 11.8. The van der Waals surface area contributed by atoms with Gasteiger partial charge in [-0.15, -0.1) is 11.3 Å². The predicted molar refractivity (Wildman–Crippen MR) is 167 cm³/mol. The summed E-state index contributed by atoms with van der Waals surface area (Å²) in [5.74, 6) is 3.38. The van der Waals surface area contributed by atoms with Crippen LogP contribution < -0.4 is 10.2 Å². The summed E-state index contributed by atoms with van der Waals surface area (Å²) in [6, 6.07) is 6.43. The van der Waals surface area contributed by atoms with Crippen LogP contribution in [0.25, 0.3) is 10.2 Å². The lowest BCUT2D eigenvalue weighted by molar-refractivity contribution is 0.208. The van der Waals surface area contributed by atoms with Gasteiger partial charge in [-0.2, -0.15) is 0 Å². The number of benzene rings is 1. The summed E-state index contributed by atoms with van der Waals surface area (Å²) in [6.07, 6.45) is 11.2. The van der Waals surface area contributed by atoms with E-state index in [0.29, 0.717) is 30.8 Å². The van der Waals surface area contributed by atoms with Crippen LogP contribution in [0.2, 0.25) is 0 Å². The third-order valence-corrected chi connectivity index (χ3v) is 10.4. The molecule has 3 heterocycles. The zero-order chi connectivity index (χ0) is 27.8. The Bertz CT molecular complexity index is 1340. The molecule has 1 N–H and O–H groups in total. The van der Waals surface area contributed by atoms with Crippen LogP contribution >= 0.6 is 11.3 Å². The molecule has 2 aromatic heterocycles. The molecule has 1 saturated carbocycles. The van der Waals surface area contributed by atoms with Crippen molar-refractivity contribution in [3.63, 3.8) is 0 Å². The first-order valence-corrected chi connectivity index (χ1v) is 16.5. The normalized spacial score (nSPS) is 18.6. The molecule has 1 saturated heterocycles. The maximum atomic E-state index is 13.6. The Balaban J connectivity index is 1.24. The molecule has 2 amide bonds. The van der Waals surface area contributed by atoms with E-state index in [9.17, 15) is 4.79 Å². The Labute approximate surface area is 243 Å². The quantitative estimate of drug-likeness (QED) is 0.342. The fourth-order valence-electron chi connectivity index (χ4n) is 6.93. The number of urea groups is 1. The van der Waals surface area contributed by atoms with E-state index in [1.54, 1.807) is 0 Å². The standard InChI is InChI=1S/C33H45N5OS/c1-21(2)24-14-10-15-25(22(3)4)29(24)34-33(39)38-19-17-37(18-20-38)31-28-26-13-8-9-16-27(26)40-32(28)36-30(35-31)23-11-6-5-7-12-23/h10,14-15,21-23H,5-9,11-13,16-20H2,1-4H3,(H,34,39). The fraction of sp³-hybridized carbons (Fsp3) is 0.606. The molecule has 0 radical (unpaired) electrons. The number of nitrogens with one attached hydrogen (secondary N) is 1. The number of rotatable bonds is 5. The van der Waals surface area contributed by atoms with Crippen LogP contribution in [0.3, 0.4) is 0 Å². The highest BCUT2D eigenvalue weighted by Gasteiger charge is 2.30. The van der Waals surface area contributed by atoms with E-state index in [1.807, 2.05) is 16.2 Å². The zero-order valence-corrected chi connectivity index (χ0v) is 25.6. The second kappa shape index (κ2) is 11.7. The number of hydrogen-bond acceptors (Lipinski definition) is 5. The molecule has 1 aromatic carbocycles. The van der Waals surface area contributed by atoms with Crippen LogP contribution in [-0.2, 0) is 12.8 Å².